The molecule has 0 aliphatic heterocycles. The molecule has 4 heteroatoms. The van der Waals surface area contributed by atoms with Gasteiger partial charge in [0, 0.05) is 25.2 Å². The van der Waals surface area contributed by atoms with Gasteiger partial charge in [0.15, 0.2) is 5.82 Å². The second-order valence-electron chi connectivity index (χ2n) is 3.68. The molecule has 2 rings (SSSR count). The molecule has 1 aromatic heterocycles. The van der Waals surface area contributed by atoms with Crippen LogP contribution < -0.4 is 5.32 Å². The molecule has 70 valence electrons. The Morgan fingerprint density at radius 1 is 1.77 bits per heavy atom. The number of carbonyl (C=O) groups excluding carboxylic acids is 1. The molecule has 1 N–H and O–H groups in total. The molecule has 1 saturated carbocycles. The van der Waals surface area contributed by atoms with Crippen molar-refractivity contribution in [3.8, 4) is 0 Å². The summed E-state index contributed by atoms with van der Waals surface area (Å²) < 4.78 is 1.67. The zero-order valence-corrected chi connectivity index (χ0v) is 7.82. The van der Waals surface area contributed by atoms with Gasteiger partial charge in [0.2, 0.25) is 5.91 Å². The summed E-state index contributed by atoms with van der Waals surface area (Å²) >= 11 is 0. The van der Waals surface area contributed by atoms with E-state index < -0.39 is 0 Å². The van der Waals surface area contributed by atoms with Crippen LogP contribution in [0, 0.1) is 11.8 Å². The third-order valence-corrected chi connectivity index (χ3v) is 2.41. The largest absolute Gasteiger partial charge is 0.309 e. The number of rotatable bonds is 2. The molecular formula is C9H13N3O. The molecule has 1 aliphatic rings. The molecule has 0 bridgehead atoms. The molecule has 1 aliphatic carbocycles. The third kappa shape index (κ3) is 1.71. The lowest BCUT2D eigenvalue weighted by atomic mass is 10.3. The molecule has 2 atom stereocenters. The predicted molar refractivity (Wildman–Crippen MR) is 49.1 cm³/mol. The Hall–Kier alpha value is -1.32. The maximum absolute atomic E-state index is 11.4. The van der Waals surface area contributed by atoms with E-state index >= 15 is 0 Å². The zero-order valence-electron chi connectivity index (χ0n) is 7.82. The van der Waals surface area contributed by atoms with Gasteiger partial charge in [-0.15, -0.1) is 0 Å². The Bertz CT molecular complexity index is 331. The number of aromatic nitrogens is 2. The van der Waals surface area contributed by atoms with Crippen molar-refractivity contribution in [3.05, 3.63) is 12.3 Å². The van der Waals surface area contributed by atoms with E-state index in [-0.39, 0.29) is 11.8 Å². The Morgan fingerprint density at radius 3 is 2.92 bits per heavy atom. The first kappa shape index (κ1) is 8.29. The lowest BCUT2D eigenvalue weighted by molar-refractivity contribution is -0.117. The highest BCUT2D eigenvalue weighted by Crippen LogP contribution is 2.38. The molecule has 0 saturated heterocycles. The minimum absolute atomic E-state index is 0.103. The number of carbonyl (C=O) groups is 1. The molecule has 1 amide bonds. The molecule has 0 spiro atoms. The van der Waals surface area contributed by atoms with Crippen LogP contribution in [-0.2, 0) is 11.8 Å². The Labute approximate surface area is 76.9 Å². The van der Waals surface area contributed by atoms with E-state index in [9.17, 15) is 4.79 Å². The fraction of sp³-hybridized carbons (Fsp3) is 0.556. The first-order valence-electron chi connectivity index (χ1n) is 4.47. The second-order valence-corrected chi connectivity index (χ2v) is 3.68. The molecule has 1 heterocycles. The predicted octanol–water partition coefficient (Wildman–Crippen LogP) is 1.01. The van der Waals surface area contributed by atoms with Crippen molar-refractivity contribution in [1.82, 2.24) is 9.78 Å². The summed E-state index contributed by atoms with van der Waals surface area (Å²) in [6.07, 6.45) is 2.82. The van der Waals surface area contributed by atoms with Crippen LogP contribution >= 0.6 is 0 Å². The highest BCUT2D eigenvalue weighted by molar-refractivity contribution is 5.93. The van der Waals surface area contributed by atoms with Crippen molar-refractivity contribution in [2.75, 3.05) is 5.32 Å². The van der Waals surface area contributed by atoms with Crippen molar-refractivity contribution >= 4 is 11.7 Å². The fourth-order valence-corrected chi connectivity index (χ4v) is 1.39. The van der Waals surface area contributed by atoms with Crippen molar-refractivity contribution < 1.29 is 4.79 Å². The average Bonchev–Trinajstić information content (AvgIpc) is 2.66. The first-order valence-corrected chi connectivity index (χ1v) is 4.47. The van der Waals surface area contributed by atoms with Gasteiger partial charge < -0.3 is 5.32 Å². The zero-order chi connectivity index (χ0) is 9.42. The minimum Gasteiger partial charge on any atom is -0.309 e. The van der Waals surface area contributed by atoms with Gasteiger partial charge in [0.05, 0.1) is 0 Å². The maximum atomic E-state index is 11.4. The van der Waals surface area contributed by atoms with Gasteiger partial charge in [-0.1, -0.05) is 6.92 Å². The summed E-state index contributed by atoms with van der Waals surface area (Å²) in [5.74, 6) is 1.50. The normalized spacial score (nSPS) is 25.7. The van der Waals surface area contributed by atoms with E-state index in [1.807, 2.05) is 13.2 Å². The Balaban J connectivity index is 1.95. The molecule has 4 nitrogen and oxygen atoms in total. The Morgan fingerprint density at radius 2 is 2.46 bits per heavy atom. The number of amides is 1. The summed E-state index contributed by atoms with van der Waals surface area (Å²) in [4.78, 5) is 11.4. The molecular weight excluding hydrogens is 166 g/mol. The van der Waals surface area contributed by atoms with Gasteiger partial charge in [-0.2, -0.15) is 5.10 Å². The summed E-state index contributed by atoms with van der Waals surface area (Å²) in [6.45, 7) is 2.09. The van der Waals surface area contributed by atoms with Crippen molar-refractivity contribution in [3.63, 3.8) is 0 Å². The van der Waals surface area contributed by atoms with Gasteiger partial charge in [-0.3, -0.25) is 9.48 Å². The third-order valence-electron chi connectivity index (χ3n) is 2.41. The summed E-state index contributed by atoms with van der Waals surface area (Å²) in [7, 11) is 1.83. The van der Waals surface area contributed by atoms with Crippen LogP contribution in [0.2, 0.25) is 0 Å². The van der Waals surface area contributed by atoms with Crippen molar-refractivity contribution in [2.45, 2.75) is 13.3 Å². The van der Waals surface area contributed by atoms with E-state index in [0.29, 0.717) is 11.7 Å². The number of anilines is 1. The van der Waals surface area contributed by atoms with Crippen LogP contribution in [0.1, 0.15) is 13.3 Å². The summed E-state index contributed by atoms with van der Waals surface area (Å²) in [6, 6.07) is 1.80. The highest BCUT2D eigenvalue weighted by atomic mass is 16.2. The van der Waals surface area contributed by atoms with E-state index in [4.69, 9.17) is 0 Å². The summed E-state index contributed by atoms with van der Waals surface area (Å²) in [5, 5.41) is 6.85. The lowest BCUT2D eigenvalue weighted by Gasteiger charge is -1.98. The van der Waals surface area contributed by atoms with E-state index in [2.05, 4.69) is 17.3 Å². The number of hydrogen-bond donors (Lipinski definition) is 1. The topological polar surface area (TPSA) is 46.9 Å². The molecule has 1 aromatic rings. The quantitative estimate of drug-likeness (QED) is 0.736. The van der Waals surface area contributed by atoms with Gasteiger partial charge in [0.1, 0.15) is 0 Å². The maximum Gasteiger partial charge on any atom is 0.228 e. The lowest BCUT2D eigenvalue weighted by Crippen LogP contribution is -2.14. The molecule has 0 radical (unpaired) electrons. The van der Waals surface area contributed by atoms with Gasteiger partial charge >= 0.3 is 0 Å². The monoisotopic (exact) mass is 179 g/mol. The molecule has 1 fully saturated rings. The van der Waals surface area contributed by atoms with Crippen LogP contribution in [0.15, 0.2) is 12.3 Å². The van der Waals surface area contributed by atoms with Gasteiger partial charge in [-0.05, 0) is 12.3 Å². The number of hydrogen-bond acceptors (Lipinski definition) is 2. The number of nitrogens with zero attached hydrogens (tertiary/aromatic N) is 2. The van der Waals surface area contributed by atoms with E-state index in [1.165, 1.54) is 0 Å². The number of aryl methyl sites for hydroxylation is 1. The number of nitrogens with one attached hydrogen (secondary N) is 1. The second kappa shape index (κ2) is 2.87. The van der Waals surface area contributed by atoms with Crippen LogP contribution in [0.3, 0.4) is 0 Å². The molecule has 0 aromatic carbocycles. The highest BCUT2D eigenvalue weighted by Gasteiger charge is 2.39. The van der Waals surface area contributed by atoms with Crippen LogP contribution in [0.4, 0.5) is 5.82 Å². The molecule has 13 heavy (non-hydrogen) atoms. The van der Waals surface area contributed by atoms with E-state index in [0.717, 1.165) is 6.42 Å². The van der Waals surface area contributed by atoms with Gasteiger partial charge in [0.25, 0.3) is 0 Å². The summed E-state index contributed by atoms with van der Waals surface area (Å²) in [5.41, 5.74) is 0. The standard InChI is InChI=1S/C9H13N3O/c1-6-5-7(6)9(13)10-8-3-4-12(2)11-8/h3-4,6-7H,5H2,1-2H3,(H,10,11,13)/t6-,7-/m1/s1. The molecule has 0 unspecified atom stereocenters. The van der Waals surface area contributed by atoms with Gasteiger partial charge in [-0.25, -0.2) is 0 Å². The first-order chi connectivity index (χ1) is 6.16. The van der Waals surface area contributed by atoms with Crippen LogP contribution in [0.25, 0.3) is 0 Å². The van der Waals surface area contributed by atoms with Crippen LogP contribution in [0.5, 0.6) is 0 Å². The SMILES string of the molecule is C[C@@H]1C[C@H]1C(=O)Nc1ccn(C)n1. The Kier molecular flexibility index (Phi) is 1.83. The minimum atomic E-state index is 0.103. The van der Waals surface area contributed by atoms with Crippen LogP contribution in [-0.4, -0.2) is 15.7 Å². The fourth-order valence-electron chi connectivity index (χ4n) is 1.39. The average molecular weight is 179 g/mol. The van der Waals surface area contributed by atoms with E-state index in [1.54, 1.807) is 10.7 Å². The van der Waals surface area contributed by atoms with Crippen molar-refractivity contribution in [1.29, 1.82) is 0 Å². The van der Waals surface area contributed by atoms with Crippen molar-refractivity contribution in [2.24, 2.45) is 18.9 Å². The smallest absolute Gasteiger partial charge is 0.228 e.